The summed E-state index contributed by atoms with van der Waals surface area (Å²) in [5.74, 6) is 0.600. The standard InChI is InChI=1S/C18H22N4O4/c23-15-7-18(8-16(15)24,12-26-14-4-2-6-20-10-14)11-21-17(25)22-13-3-1-5-19-9-13/h1-6,9-10,15-16,23-24H,7-8,11-12H2,(H2,21,22,25)/t15-,16+,18?. The Morgan fingerprint density at radius 3 is 2.46 bits per heavy atom. The Morgan fingerprint density at radius 2 is 1.85 bits per heavy atom. The molecule has 1 fully saturated rings. The Kier molecular flexibility index (Phi) is 5.65. The smallest absolute Gasteiger partial charge is 0.319 e. The molecule has 1 aliphatic carbocycles. The van der Waals surface area contributed by atoms with Crippen molar-refractivity contribution < 1.29 is 19.7 Å². The predicted molar refractivity (Wildman–Crippen MR) is 94.7 cm³/mol. The zero-order chi connectivity index (χ0) is 18.4. The Morgan fingerprint density at radius 1 is 1.15 bits per heavy atom. The van der Waals surface area contributed by atoms with Gasteiger partial charge in [0.05, 0.1) is 36.9 Å². The van der Waals surface area contributed by atoms with Crippen LogP contribution < -0.4 is 15.4 Å². The largest absolute Gasteiger partial charge is 0.491 e. The molecule has 0 radical (unpaired) electrons. The Balaban J connectivity index is 1.60. The monoisotopic (exact) mass is 358 g/mol. The molecule has 138 valence electrons. The van der Waals surface area contributed by atoms with E-state index in [9.17, 15) is 15.0 Å². The van der Waals surface area contributed by atoms with Crippen molar-refractivity contribution in [3.05, 3.63) is 49.1 Å². The van der Waals surface area contributed by atoms with Crippen LogP contribution in [0.25, 0.3) is 0 Å². The van der Waals surface area contributed by atoms with Crippen molar-refractivity contribution in [2.45, 2.75) is 25.0 Å². The zero-order valence-corrected chi connectivity index (χ0v) is 14.2. The number of nitrogens with one attached hydrogen (secondary N) is 2. The second kappa shape index (κ2) is 8.11. The van der Waals surface area contributed by atoms with Gasteiger partial charge in [-0.2, -0.15) is 0 Å². The normalized spacial score (nSPS) is 24.8. The highest BCUT2D eigenvalue weighted by Gasteiger charge is 2.45. The Labute approximate surface area is 151 Å². The third kappa shape index (κ3) is 4.68. The summed E-state index contributed by atoms with van der Waals surface area (Å²) in [6, 6.07) is 6.62. The van der Waals surface area contributed by atoms with E-state index >= 15 is 0 Å². The van der Waals surface area contributed by atoms with Gasteiger partial charge >= 0.3 is 6.03 Å². The van der Waals surface area contributed by atoms with Crippen LogP contribution in [0.3, 0.4) is 0 Å². The van der Waals surface area contributed by atoms with Gasteiger partial charge in [-0.1, -0.05) is 0 Å². The first-order valence-corrected chi connectivity index (χ1v) is 8.40. The van der Waals surface area contributed by atoms with Gasteiger partial charge in [0.15, 0.2) is 0 Å². The van der Waals surface area contributed by atoms with Crippen molar-refractivity contribution in [2.24, 2.45) is 5.41 Å². The zero-order valence-electron chi connectivity index (χ0n) is 14.2. The summed E-state index contributed by atoms with van der Waals surface area (Å²) >= 11 is 0. The number of aromatic nitrogens is 2. The van der Waals surface area contributed by atoms with Crippen molar-refractivity contribution in [1.82, 2.24) is 15.3 Å². The number of rotatable bonds is 6. The number of aliphatic hydroxyl groups excluding tert-OH is 2. The fourth-order valence-electron chi connectivity index (χ4n) is 3.10. The van der Waals surface area contributed by atoms with Gasteiger partial charge in [-0.15, -0.1) is 0 Å². The lowest BCUT2D eigenvalue weighted by atomic mass is 9.86. The molecular formula is C18H22N4O4. The number of hydrogen-bond donors (Lipinski definition) is 4. The Bertz CT molecular complexity index is 704. The number of ether oxygens (including phenoxy) is 1. The fourth-order valence-corrected chi connectivity index (χ4v) is 3.10. The van der Waals surface area contributed by atoms with E-state index in [0.717, 1.165) is 0 Å². The molecular weight excluding hydrogens is 336 g/mol. The molecule has 4 N–H and O–H groups in total. The lowest BCUT2D eigenvalue weighted by Gasteiger charge is -2.29. The maximum atomic E-state index is 12.1. The summed E-state index contributed by atoms with van der Waals surface area (Å²) in [4.78, 5) is 20.1. The molecule has 1 unspecified atom stereocenters. The van der Waals surface area contributed by atoms with E-state index in [1.165, 1.54) is 0 Å². The minimum atomic E-state index is -0.837. The van der Waals surface area contributed by atoms with E-state index in [-0.39, 0.29) is 19.2 Å². The highest BCUT2D eigenvalue weighted by Crippen LogP contribution is 2.38. The average molecular weight is 358 g/mol. The van der Waals surface area contributed by atoms with Crippen LogP contribution in [-0.4, -0.2) is 51.6 Å². The molecule has 3 rings (SSSR count). The quantitative estimate of drug-likeness (QED) is 0.616. The van der Waals surface area contributed by atoms with Gasteiger partial charge in [0.25, 0.3) is 0 Å². The van der Waals surface area contributed by atoms with Gasteiger partial charge in [-0.25, -0.2) is 4.79 Å². The van der Waals surface area contributed by atoms with Crippen LogP contribution in [0.5, 0.6) is 5.75 Å². The van der Waals surface area contributed by atoms with E-state index in [2.05, 4.69) is 20.6 Å². The molecule has 0 aliphatic heterocycles. The van der Waals surface area contributed by atoms with Crippen LogP contribution in [0.2, 0.25) is 0 Å². The first kappa shape index (κ1) is 18.1. The molecule has 8 nitrogen and oxygen atoms in total. The lowest BCUT2D eigenvalue weighted by molar-refractivity contribution is 0.0438. The average Bonchev–Trinajstić information content (AvgIpc) is 2.95. The minimum absolute atomic E-state index is 0.250. The Hall–Kier alpha value is -2.71. The molecule has 0 aromatic carbocycles. The number of aliphatic hydroxyl groups is 2. The second-order valence-corrected chi connectivity index (χ2v) is 6.57. The molecule has 2 amide bonds. The first-order chi connectivity index (χ1) is 12.6. The molecule has 0 spiro atoms. The molecule has 3 atom stereocenters. The van der Waals surface area contributed by atoms with E-state index in [1.54, 1.807) is 49.1 Å². The molecule has 8 heteroatoms. The van der Waals surface area contributed by atoms with Gasteiger partial charge in [0.2, 0.25) is 0 Å². The van der Waals surface area contributed by atoms with Crippen molar-refractivity contribution in [2.75, 3.05) is 18.5 Å². The maximum absolute atomic E-state index is 12.1. The van der Waals surface area contributed by atoms with Crippen molar-refractivity contribution in [1.29, 1.82) is 0 Å². The summed E-state index contributed by atoms with van der Waals surface area (Å²) in [5.41, 5.74) is 0.0122. The highest BCUT2D eigenvalue weighted by molar-refractivity contribution is 5.88. The van der Waals surface area contributed by atoms with Gasteiger partial charge < -0.3 is 25.6 Å². The van der Waals surface area contributed by atoms with Gasteiger partial charge in [0.1, 0.15) is 5.75 Å². The topological polar surface area (TPSA) is 117 Å². The molecule has 2 heterocycles. The maximum Gasteiger partial charge on any atom is 0.319 e. The number of carbonyl (C=O) groups is 1. The van der Waals surface area contributed by atoms with Crippen LogP contribution in [0.1, 0.15) is 12.8 Å². The van der Waals surface area contributed by atoms with Crippen molar-refractivity contribution in [3.63, 3.8) is 0 Å². The van der Waals surface area contributed by atoms with Crippen LogP contribution in [-0.2, 0) is 0 Å². The van der Waals surface area contributed by atoms with Crippen LogP contribution in [0.15, 0.2) is 49.1 Å². The molecule has 26 heavy (non-hydrogen) atoms. The summed E-state index contributed by atoms with van der Waals surface area (Å²) < 4.78 is 5.77. The highest BCUT2D eigenvalue weighted by atomic mass is 16.5. The molecule has 0 bridgehead atoms. The number of amides is 2. The number of carbonyl (C=O) groups excluding carboxylic acids is 1. The molecule has 2 aromatic rings. The summed E-state index contributed by atoms with van der Waals surface area (Å²) in [6.07, 6.45) is 5.41. The van der Waals surface area contributed by atoms with Crippen LogP contribution in [0, 0.1) is 5.41 Å². The third-order valence-electron chi connectivity index (χ3n) is 4.45. The summed E-state index contributed by atoms with van der Waals surface area (Å²) in [7, 11) is 0. The summed E-state index contributed by atoms with van der Waals surface area (Å²) in [6.45, 7) is 0.507. The number of pyridine rings is 2. The van der Waals surface area contributed by atoms with Gasteiger partial charge in [-0.05, 0) is 37.1 Å². The number of nitrogens with zero attached hydrogens (tertiary/aromatic N) is 2. The number of hydrogen-bond acceptors (Lipinski definition) is 6. The molecule has 1 aliphatic rings. The third-order valence-corrected chi connectivity index (χ3v) is 4.45. The molecule has 2 aromatic heterocycles. The SMILES string of the molecule is O=C(NCC1(COc2cccnc2)C[C@@H](O)[C@@H](O)C1)Nc1cccnc1. The fraction of sp³-hybridized carbons (Fsp3) is 0.389. The number of anilines is 1. The van der Waals surface area contributed by atoms with E-state index in [0.29, 0.717) is 24.3 Å². The van der Waals surface area contributed by atoms with Crippen molar-refractivity contribution >= 4 is 11.7 Å². The first-order valence-electron chi connectivity index (χ1n) is 8.40. The number of urea groups is 1. The van der Waals surface area contributed by atoms with Crippen LogP contribution >= 0.6 is 0 Å². The van der Waals surface area contributed by atoms with E-state index in [1.807, 2.05) is 0 Å². The van der Waals surface area contributed by atoms with E-state index in [4.69, 9.17) is 4.74 Å². The molecule has 1 saturated carbocycles. The minimum Gasteiger partial charge on any atom is -0.491 e. The van der Waals surface area contributed by atoms with Crippen LogP contribution in [0.4, 0.5) is 10.5 Å². The summed E-state index contributed by atoms with van der Waals surface area (Å²) in [5, 5.41) is 25.4. The lowest BCUT2D eigenvalue weighted by Crippen LogP contribution is -2.42. The van der Waals surface area contributed by atoms with Gasteiger partial charge in [0, 0.05) is 24.4 Å². The van der Waals surface area contributed by atoms with Crippen molar-refractivity contribution in [3.8, 4) is 5.75 Å². The second-order valence-electron chi connectivity index (χ2n) is 6.57. The van der Waals surface area contributed by atoms with E-state index < -0.39 is 17.6 Å². The predicted octanol–water partition coefficient (Wildman–Crippen LogP) is 1.18. The van der Waals surface area contributed by atoms with Gasteiger partial charge in [-0.3, -0.25) is 9.97 Å². The molecule has 0 saturated heterocycles.